The number of benzene rings is 1. The lowest BCUT2D eigenvalue weighted by molar-refractivity contribution is -0.143. The number of nitrogen functional groups attached to an aromatic ring is 1. The average molecular weight is 297 g/mol. The summed E-state index contributed by atoms with van der Waals surface area (Å²) in [6, 6.07) is 5.85. The van der Waals surface area contributed by atoms with Crippen LogP contribution in [0.3, 0.4) is 0 Å². The Kier molecular flexibility index (Phi) is 7.87. The molecule has 0 bridgehead atoms. The van der Waals surface area contributed by atoms with Crippen LogP contribution in [0, 0.1) is 12.3 Å². The highest BCUT2D eigenvalue weighted by atomic mass is 35.5. The molecule has 6 heteroatoms. The van der Waals surface area contributed by atoms with Gasteiger partial charge >= 0.3 is 5.97 Å². The molecule has 108 valence electrons. The number of esters is 1. The van der Waals surface area contributed by atoms with Gasteiger partial charge in [0.2, 0.25) is 0 Å². The summed E-state index contributed by atoms with van der Waals surface area (Å²) in [5.41, 5.74) is 6.36. The normalized spacial score (nSPS) is 10.6. The number of nitrogens with one attached hydrogen (secondary N) is 1. The molecule has 1 aromatic carbocycles. The molecule has 20 heavy (non-hydrogen) atoms. The van der Waals surface area contributed by atoms with E-state index < -0.39 is 17.9 Å². The maximum absolute atomic E-state index is 12.0. The number of carbonyl (C=O) groups is 2. The van der Waals surface area contributed by atoms with E-state index in [-0.39, 0.29) is 12.4 Å². The van der Waals surface area contributed by atoms with Crippen molar-refractivity contribution in [2.24, 2.45) is 0 Å². The Labute approximate surface area is 124 Å². The van der Waals surface area contributed by atoms with E-state index in [9.17, 15) is 9.59 Å². The molecule has 0 radical (unpaired) electrons. The Bertz CT molecular complexity index is 511. The van der Waals surface area contributed by atoms with Crippen molar-refractivity contribution < 1.29 is 14.3 Å². The maximum atomic E-state index is 12.0. The molecule has 1 aromatic rings. The van der Waals surface area contributed by atoms with Crippen LogP contribution in [0.2, 0.25) is 0 Å². The number of terminal acetylenes is 1. The van der Waals surface area contributed by atoms with Crippen molar-refractivity contribution in [2.45, 2.75) is 18.9 Å². The first kappa shape index (κ1) is 17.8. The van der Waals surface area contributed by atoms with Gasteiger partial charge in [0.15, 0.2) is 0 Å². The van der Waals surface area contributed by atoms with Crippen LogP contribution < -0.4 is 11.1 Å². The Balaban J connectivity index is 0.00000361. The van der Waals surface area contributed by atoms with Crippen molar-refractivity contribution in [3.63, 3.8) is 0 Å². The van der Waals surface area contributed by atoms with Crippen molar-refractivity contribution in [3.05, 3.63) is 29.8 Å². The molecular weight excluding hydrogens is 280 g/mol. The Hall–Kier alpha value is -2.19. The number of methoxy groups -OCH3 is 1. The third-order valence-corrected chi connectivity index (χ3v) is 2.57. The minimum atomic E-state index is -0.770. The summed E-state index contributed by atoms with van der Waals surface area (Å²) in [5.74, 6) is 1.46. The number of carbonyl (C=O) groups excluding carboxylic acids is 2. The lowest BCUT2D eigenvalue weighted by Gasteiger charge is -2.16. The number of hydrogen-bond acceptors (Lipinski definition) is 4. The molecule has 1 atom stereocenters. The van der Waals surface area contributed by atoms with Gasteiger partial charge in [-0.05, 0) is 18.6 Å². The lowest BCUT2D eigenvalue weighted by Crippen LogP contribution is -2.41. The van der Waals surface area contributed by atoms with Gasteiger partial charge in [-0.1, -0.05) is 12.1 Å². The van der Waals surface area contributed by atoms with Crippen LogP contribution in [0.1, 0.15) is 23.2 Å². The molecule has 5 nitrogen and oxygen atoms in total. The largest absolute Gasteiger partial charge is 0.467 e. The molecule has 0 aromatic heterocycles. The molecule has 0 fully saturated rings. The number of hydrogen-bond donors (Lipinski definition) is 2. The van der Waals surface area contributed by atoms with Gasteiger partial charge in [-0.2, -0.15) is 0 Å². The molecule has 0 aliphatic carbocycles. The van der Waals surface area contributed by atoms with Crippen LogP contribution in [0.4, 0.5) is 5.69 Å². The number of para-hydroxylation sites is 1. The van der Waals surface area contributed by atoms with E-state index in [1.54, 1.807) is 24.3 Å². The number of rotatable bonds is 5. The number of anilines is 1. The van der Waals surface area contributed by atoms with Crippen LogP contribution in [-0.4, -0.2) is 25.0 Å². The quantitative estimate of drug-likeness (QED) is 0.488. The second-order valence-electron chi connectivity index (χ2n) is 3.88. The molecule has 0 heterocycles. The van der Waals surface area contributed by atoms with Gasteiger partial charge in [-0.3, -0.25) is 4.79 Å². The van der Waals surface area contributed by atoms with E-state index in [4.69, 9.17) is 12.2 Å². The SMILES string of the molecule is C#CCC[C@H](NC(=O)c1ccccc1N)C(=O)OC.Cl. The minimum Gasteiger partial charge on any atom is -0.467 e. The van der Waals surface area contributed by atoms with Crippen molar-refractivity contribution in [1.29, 1.82) is 0 Å². The molecule has 0 aliphatic heterocycles. The average Bonchev–Trinajstić information content (AvgIpc) is 2.42. The fraction of sp³-hybridized carbons (Fsp3) is 0.286. The van der Waals surface area contributed by atoms with Crippen molar-refractivity contribution >= 4 is 30.0 Å². The van der Waals surface area contributed by atoms with Crippen LogP contribution in [0.5, 0.6) is 0 Å². The van der Waals surface area contributed by atoms with Crippen molar-refractivity contribution in [3.8, 4) is 12.3 Å². The highest BCUT2D eigenvalue weighted by molar-refractivity contribution is 6.00. The van der Waals surface area contributed by atoms with Gasteiger partial charge < -0.3 is 15.8 Å². The van der Waals surface area contributed by atoms with Gasteiger partial charge in [0.1, 0.15) is 6.04 Å². The molecule has 1 rings (SSSR count). The molecule has 0 aliphatic rings. The Morgan fingerprint density at radius 2 is 2.10 bits per heavy atom. The summed E-state index contributed by atoms with van der Waals surface area (Å²) in [6.45, 7) is 0. The second-order valence-corrected chi connectivity index (χ2v) is 3.88. The third kappa shape index (κ3) is 4.82. The number of amides is 1. The van der Waals surface area contributed by atoms with Gasteiger partial charge in [0.25, 0.3) is 5.91 Å². The Morgan fingerprint density at radius 1 is 1.45 bits per heavy atom. The van der Waals surface area contributed by atoms with E-state index >= 15 is 0 Å². The molecule has 0 unspecified atom stereocenters. The summed E-state index contributed by atoms with van der Waals surface area (Å²) in [5, 5.41) is 2.57. The lowest BCUT2D eigenvalue weighted by atomic mass is 10.1. The first-order valence-electron chi connectivity index (χ1n) is 5.76. The zero-order chi connectivity index (χ0) is 14.3. The molecule has 1 amide bonds. The topological polar surface area (TPSA) is 81.4 Å². The molecule has 0 saturated heterocycles. The second kappa shape index (κ2) is 8.83. The highest BCUT2D eigenvalue weighted by Gasteiger charge is 2.22. The monoisotopic (exact) mass is 296 g/mol. The van der Waals surface area contributed by atoms with Gasteiger partial charge in [0, 0.05) is 12.1 Å². The van der Waals surface area contributed by atoms with E-state index in [0.717, 1.165) is 0 Å². The summed E-state index contributed by atoms with van der Waals surface area (Å²) >= 11 is 0. The molecule has 3 N–H and O–H groups in total. The fourth-order valence-corrected chi connectivity index (χ4v) is 1.56. The van der Waals surface area contributed by atoms with E-state index in [0.29, 0.717) is 24.1 Å². The van der Waals surface area contributed by atoms with Gasteiger partial charge in [-0.25, -0.2) is 4.79 Å². The van der Waals surface area contributed by atoms with Crippen molar-refractivity contribution in [1.82, 2.24) is 5.32 Å². The predicted molar refractivity (Wildman–Crippen MR) is 79.4 cm³/mol. The predicted octanol–water partition coefficient (Wildman–Crippen LogP) is 1.38. The number of nitrogens with two attached hydrogens (primary N) is 1. The van der Waals surface area contributed by atoms with Crippen LogP contribution >= 0.6 is 12.4 Å². The highest BCUT2D eigenvalue weighted by Crippen LogP contribution is 2.11. The van der Waals surface area contributed by atoms with E-state index in [2.05, 4.69) is 16.0 Å². The first-order valence-corrected chi connectivity index (χ1v) is 5.76. The van der Waals surface area contributed by atoms with E-state index in [1.807, 2.05) is 0 Å². The fourth-order valence-electron chi connectivity index (χ4n) is 1.56. The van der Waals surface area contributed by atoms with Crippen molar-refractivity contribution in [2.75, 3.05) is 12.8 Å². The first-order chi connectivity index (χ1) is 9.10. The van der Waals surface area contributed by atoms with E-state index in [1.165, 1.54) is 7.11 Å². The summed E-state index contributed by atoms with van der Waals surface area (Å²) in [6.07, 6.45) is 5.84. The molecule has 0 spiro atoms. The van der Waals surface area contributed by atoms with Gasteiger partial charge in [-0.15, -0.1) is 24.8 Å². The third-order valence-electron chi connectivity index (χ3n) is 2.57. The summed E-state index contributed by atoms with van der Waals surface area (Å²) < 4.78 is 4.62. The Morgan fingerprint density at radius 3 is 2.65 bits per heavy atom. The number of ether oxygens (including phenoxy) is 1. The number of halogens is 1. The van der Waals surface area contributed by atoms with Gasteiger partial charge in [0.05, 0.1) is 12.7 Å². The van der Waals surface area contributed by atoms with Crippen LogP contribution in [0.25, 0.3) is 0 Å². The van der Waals surface area contributed by atoms with Crippen LogP contribution in [-0.2, 0) is 9.53 Å². The summed E-state index contributed by atoms with van der Waals surface area (Å²) in [7, 11) is 1.26. The zero-order valence-electron chi connectivity index (χ0n) is 11.1. The summed E-state index contributed by atoms with van der Waals surface area (Å²) in [4.78, 5) is 23.5. The maximum Gasteiger partial charge on any atom is 0.328 e. The van der Waals surface area contributed by atoms with Crippen LogP contribution in [0.15, 0.2) is 24.3 Å². The minimum absolute atomic E-state index is 0. The zero-order valence-corrected chi connectivity index (χ0v) is 11.9. The smallest absolute Gasteiger partial charge is 0.328 e. The standard InChI is InChI=1S/C14H16N2O3.ClH/c1-3-4-9-12(14(18)19-2)16-13(17)10-7-5-6-8-11(10)15;/h1,5-8,12H,4,9,15H2,2H3,(H,16,17);1H/t12-;/m0./s1. The molecule has 0 saturated carbocycles. The molecular formula is C14H17ClN2O3.